The van der Waals surface area contributed by atoms with Gasteiger partial charge in [0.05, 0.1) is 18.0 Å². The van der Waals surface area contributed by atoms with E-state index in [1.165, 1.54) is 17.8 Å². The zero-order chi connectivity index (χ0) is 14.7. The highest BCUT2D eigenvalue weighted by molar-refractivity contribution is 7.21. The Morgan fingerprint density at radius 2 is 2.43 bits per heavy atom. The van der Waals surface area contributed by atoms with Crippen molar-refractivity contribution in [2.45, 2.75) is 31.8 Å². The Kier molecular flexibility index (Phi) is 4.31. The third-order valence-electron chi connectivity index (χ3n) is 3.65. The van der Waals surface area contributed by atoms with Crippen LogP contribution < -0.4 is 11.1 Å². The number of hydrogen-bond acceptors (Lipinski definition) is 6. The van der Waals surface area contributed by atoms with E-state index in [0.717, 1.165) is 31.3 Å². The number of nitrogens with two attached hydrogens (primary N) is 1. The Hall–Kier alpha value is -1.73. The van der Waals surface area contributed by atoms with Gasteiger partial charge in [0.2, 0.25) is 0 Å². The molecule has 3 heterocycles. The first-order valence-corrected chi connectivity index (χ1v) is 7.97. The summed E-state index contributed by atoms with van der Waals surface area (Å²) >= 11 is 1.28. The van der Waals surface area contributed by atoms with Crippen molar-refractivity contribution in [2.75, 3.05) is 18.9 Å². The van der Waals surface area contributed by atoms with Crippen LogP contribution in [0.25, 0.3) is 10.2 Å². The van der Waals surface area contributed by atoms with Crippen molar-refractivity contribution in [2.24, 2.45) is 0 Å². The van der Waals surface area contributed by atoms with Crippen molar-refractivity contribution in [3.8, 4) is 0 Å². The second-order valence-corrected chi connectivity index (χ2v) is 6.13. The lowest BCUT2D eigenvalue weighted by atomic mass is 10.1. The van der Waals surface area contributed by atoms with Crippen LogP contribution in [0.5, 0.6) is 0 Å². The highest BCUT2D eigenvalue weighted by Gasteiger charge is 2.18. The molecular formula is C14H18N4O2S. The number of nitrogens with one attached hydrogen (secondary N) is 1. The molecule has 0 radical (unpaired) electrons. The van der Waals surface area contributed by atoms with Crippen molar-refractivity contribution in [1.82, 2.24) is 15.5 Å². The number of nitrogen functional groups attached to an aromatic ring is 1. The maximum Gasteiger partial charge on any atom is 0.263 e. The molecule has 0 spiro atoms. The Balaban J connectivity index is 1.60. The van der Waals surface area contributed by atoms with Gasteiger partial charge >= 0.3 is 0 Å². The number of amides is 1. The van der Waals surface area contributed by atoms with Crippen molar-refractivity contribution in [3.05, 3.63) is 17.1 Å². The Morgan fingerprint density at radius 3 is 3.19 bits per heavy atom. The number of hydrogen-bond donors (Lipinski definition) is 2. The molecule has 3 N–H and O–H groups in total. The summed E-state index contributed by atoms with van der Waals surface area (Å²) in [5, 5.41) is 11.5. The molecule has 1 aliphatic heterocycles. The minimum Gasteiger partial charge on any atom is -0.397 e. The zero-order valence-electron chi connectivity index (χ0n) is 11.7. The van der Waals surface area contributed by atoms with Gasteiger partial charge in [-0.25, -0.2) is 0 Å². The van der Waals surface area contributed by atoms with Gasteiger partial charge in [0.25, 0.3) is 5.91 Å². The summed E-state index contributed by atoms with van der Waals surface area (Å²) in [6.45, 7) is 1.43. The van der Waals surface area contributed by atoms with E-state index in [4.69, 9.17) is 10.5 Å². The largest absolute Gasteiger partial charge is 0.397 e. The highest BCUT2D eigenvalue weighted by atomic mass is 32.1. The predicted molar refractivity (Wildman–Crippen MR) is 82.4 cm³/mol. The van der Waals surface area contributed by atoms with Crippen molar-refractivity contribution in [1.29, 1.82) is 0 Å². The molecule has 2 aromatic rings. The average molecular weight is 306 g/mol. The summed E-state index contributed by atoms with van der Waals surface area (Å²) in [5.41, 5.74) is 6.49. The number of fused-ring (bicyclic) bond motifs is 1. The molecule has 1 saturated heterocycles. The first kappa shape index (κ1) is 14.2. The van der Waals surface area contributed by atoms with Crippen molar-refractivity contribution < 1.29 is 9.53 Å². The average Bonchev–Trinajstić information content (AvgIpc) is 2.86. The number of rotatable bonds is 4. The fourth-order valence-corrected chi connectivity index (χ4v) is 3.46. The third-order valence-corrected chi connectivity index (χ3v) is 4.76. The maximum atomic E-state index is 12.2. The molecule has 0 aromatic carbocycles. The van der Waals surface area contributed by atoms with Crippen LogP contribution in [0.15, 0.2) is 12.3 Å². The lowest BCUT2D eigenvalue weighted by Crippen LogP contribution is -2.29. The molecule has 1 amide bonds. The van der Waals surface area contributed by atoms with Crippen LogP contribution in [0.4, 0.5) is 5.69 Å². The smallest absolute Gasteiger partial charge is 0.263 e. The van der Waals surface area contributed by atoms with Crippen LogP contribution in [0.3, 0.4) is 0 Å². The standard InChI is InChI=1S/C14H18N4O2S/c15-11-10-5-7-17-18-14(10)21-12(11)13(19)16-6-4-9-3-1-2-8-20-9/h5,7,9H,1-4,6,8,15H2,(H,16,19). The van der Waals surface area contributed by atoms with Gasteiger partial charge in [0.1, 0.15) is 9.71 Å². The first-order valence-electron chi connectivity index (χ1n) is 7.15. The van der Waals surface area contributed by atoms with E-state index in [9.17, 15) is 4.79 Å². The van der Waals surface area contributed by atoms with Gasteiger partial charge in [0.15, 0.2) is 0 Å². The van der Waals surface area contributed by atoms with Gasteiger partial charge in [-0.15, -0.1) is 16.4 Å². The van der Waals surface area contributed by atoms with Crippen molar-refractivity contribution >= 4 is 33.1 Å². The molecule has 3 rings (SSSR count). The summed E-state index contributed by atoms with van der Waals surface area (Å²) < 4.78 is 5.65. The molecule has 1 fully saturated rings. The van der Waals surface area contributed by atoms with Crippen molar-refractivity contribution in [3.63, 3.8) is 0 Å². The van der Waals surface area contributed by atoms with Crippen LogP contribution in [-0.2, 0) is 4.74 Å². The van der Waals surface area contributed by atoms with E-state index in [-0.39, 0.29) is 12.0 Å². The summed E-state index contributed by atoms with van der Waals surface area (Å²) in [6, 6.07) is 1.78. The van der Waals surface area contributed by atoms with Crippen LogP contribution >= 0.6 is 11.3 Å². The van der Waals surface area contributed by atoms with E-state index in [0.29, 0.717) is 21.9 Å². The Morgan fingerprint density at radius 1 is 1.52 bits per heavy atom. The quantitative estimate of drug-likeness (QED) is 0.901. The first-order chi connectivity index (χ1) is 10.3. The molecule has 0 saturated carbocycles. The summed E-state index contributed by atoms with van der Waals surface area (Å²) in [5.74, 6) is -0.147. The summed E-state index contributed by atoms with van der Waals surface area (Å²) in [7, 11) is 0. The lowest BCUT2D eigenvalue weighted by Gasteiger charge is -2.22. The van der Waals surface area contributed by atoms with E-state index < -0.39 is 0 Å². The van der Waals surface area contributed by atoms with Gasteiger partial charge in [-0.05, 0) is 31.7 Å². The molecule has 6 nitrogen and oxygen atoms in total. The van der Waals surface area contributed by atoms with E-state index >= 15 is 0 Å². The fourth-order valence-electron chi connectivity index (χ4n) is 2.50. The molecular weight excluding hydrogens is 288 g/mol. The Labute approximate surface area is 126 Å². The molecule has 112 valence electrons. The molecule has 0 bridgehead atoms. The number of carbonyl (C=O) groups excluding carboxylic acids is 1. The van der Waals surface area contributed by atoms with Gasteiger partial charge in [0, 0.05) is 18.5 Å². The molecule has 1 unspecified atom stereocenters. The molecule has 21 heavy (non-hydrogen) atoms. The zero-order valence-corrected chi connectivity index (χ0v) is 12.5. The number of carbonyl (C=O) groups is 1. The topological polar surface area (TPSA) is 90.1 Å². The van der Waals surface area contributed by atoms with E-state index in [1.54, 1.807) is 12.3 Å². The normalized spacial score (nSPS) is 18.8. The van der Waals surface area contributed by atoms with Crippen LogP contribution in [-0.4, -0.2) is 35.4 Å². The van der Waals surface area contributed by atoms with Gasteiger partial charge in [-0.2, -0.15) is 5.10 Å². The monoisotopic (exact) mass is 306 g/mol. The van der Waals surface area contributed by atoms with Crippen LogP contribution in [0.1, 0.15) is 35.4 Å². The second kappa shape index (κ2) is 6.36. The third kappa shape index (κ3) is 3.14. The number of anilines is 1. The minimum atomic E-state index is -0.147. The number of nitrogens with zero attached hydrogens (tertiary/aromatic N) is 2. The second-order valence-electron chi connectivity index (χ2n) is 5.13. The highest BCUT2D eigenvalue weighted by Crippen LogP contribution is 2.31. The fraction of sp³-hybridized carbons (Fsp3) is 0.500. The summed E-state index contributed by atoms with van der Waals surface area (Å²) in [4.78, 5) is 13.4. The van der Waals surface area contributed by atoms with Gasteiger partial charge in [-0.3, -0.25) is 4.79 Å². The molecule has 2 aromatic heterocycles. The van der Waals surface area contributed by atoms with Gasteiger partial charge < -0.3 is 15.8 Å². The summed E-state index contributed by atoms with van der Waals surface area (Å²) in [6.07, 6.45) is 6.12. The number of thiophene rings is 1. The van der Waals surface area contributed by atoms with E-state index in [1.807, 2.05) is 0 Å². The number of aromatic nitrogens is 2. The number of ether oxygens (including phenoxy) is 1. The Bertz CT molecular complexity index is 637. The lowest BCUT2D eigenvalue weighted by molar-refractivity contribution is 0.0117. The minimum absolute atomic E-state index is 0.147. The SMILES string of the molecule is Nc1c(C(=O)NCCC2CCCCO2)sc2nnccc12. The maximum absolute atomic E-state index is 12.2. The predicted octanol–water partition coefficient (Wildman–Crippen LogP) is 1.96. The van der Waals surface area contributed by atoms with Gasteiger partial charge in [-0.1, -0.05) is 0 Å². The molecule has 7 heteroatoms. The molecule has 1 atom stereocenters. The van der Waals surface area contributed by atoms with Crippen LogP contribution in [0.2, 0.25) is 0 Å². The molecule has 1 aliphatic rings. The molecule has 0 aliphatic carbocycles. The van der Waals surface area contributed by atoms with Crippen LogP contribution in [0, 0.1) is 0 Å². The van der Waals surface area contributed by atoms with E-state index in [2.05, 4.69) is 15.5 Å².